The number of rotatable bonds is 4. The van der Waals surface area contributed by atoms with Gasteiger partial charge in [0.05, 0.1) is 11.6 Å². The summed E-state index contributed by atoms with van der Waals surface area (Å²) < 4.78 is 51.1. The van der Waals surface area contributed by atoms with Crippen molar-refractivity contribution in [1.29, 1.82) is 5.26 Å². The van der Waals surface area contributed by atoms with Gasteiger partial charge in [0.15, 0.2) is 0 Å². The van der Waals surface area contributed by atoms with Crippen molar-refractivity contribution >= 4 is 0 Å². The van der Waals surface area contributed by atoms with E-state index in [1.807, 2.05) is 19.9 Å². The topological polar surface area (TPSA) is 27.0 Å². The summed E-state index contributed by atoms with van der Waals surface area (Å²) in [6, 6.07) is 3.83. The van der Waals surface area contributed by atoms with Crippen LogP contribution in [0.2, 0.25) is 0 Å². The second-order valence-electron chi connectivity index (χ2n) is 3.99. The van der Waals surface area contributed by atoms with Crippen LogP contribution in [0, 0.1) is 17.1 Å². The molecule has 2 nitrogen and oxygen atoms in total. The lowest BCUT2D eigenvalue weighted by atomic mass is 10.0. The largest absolute Gasteiger partial charge is 0.419 e. The number of hydrogen-bond donors (Lipinski definition) is 0. The molecule has 0 aliphatic rings. The molecule has 0 fully saturated rings. The highest BCUT2D eigenvalue weighted by atomic mass is 19.4. The Hall–Kier alpha value is -1.61. The average Bonchev–Trinajstić information content (AvgIpc) is 2.35. The van der Waals surface area contributed by atoms with Gasteiger partial charge < -0.3 is 0 Å². The van der Waals surface area contributed by atoms with E-state index in [-0.39, 0.29) is 5.56 Å². The lowest BCUT2D eigenvalue weighted by molar-refractivity contribution is -0.140. The van der Waals surface area contributed by atoms with Crippen molar-refractivity contribution in [2.24, 2.45) is 0 Å². The van der Waals surface area contributed by atoms with Crippen LogP contribution in [0.4, 0.5) is 17.6 Å². The van der Waals surface area contributed by atoms with E-state index in [9.17, 15) is 17.6 Å². The smallest absolute Gasteiger partial charge is 0.285 e. The Morgan fingerprint density at radius 3 is 2.26 bits per heavy atom. The molecule has 6 heteroatoms. The number of nitriles is 1. The highest BCUT2D eigenvalue weighted by Gasteiger charge is 2.35. The van der Waals surface area contributed by atoms with Gasteiger partial charge in [-0.3, -0.25) is 4.90 Å². The Kier molecular flexibility index (Phi) is 4.90. The minimum atomic E-state index is -4.76. The van der Waals surface area contributed by atoms with Crippen molar-refractivity contribution in [2.45, 2.75) is 26.1 Å². The molecule has 1 atom stereocenters. The van der Waals surface area contributed by atoms with E-state index in [1.165, 1.54) is 6.07 Å². The molecule has 1 unspecified atom stereocenters. The zero-order chi connectivity index (χ0) is 14.6. The minimum Gasteiger partial charge on any atom is -0.285 e. The molecule has 1 aromatic rings. The summed E-state index contributed by atoms with van der Waals surface area (Å²) in [5, 5.41) is 9.11. The molecule has 0 N–H and O–H groups in total. The molecule has 0 heterocycles. The number of nitrogens with zero attached hydrogens (tertiary/aromatic N) is 2. The molecule has 0 aromatic heterocycles. The number of halogens is 4. The zero-order valence-corrected chi connectivity index (χ0v) is 10.6. The van der Waals surface area contributed by atoms with Gasteiger partial charge in [-0.1, -0.05) is 19.9 Å². The molecule has 1 aromatic carbocycles. The van der Waals surface area contributed by atoms with E-state index < -0.39 is 23.6 Å². The van der Waals surface area contributed by atoms with Crippen molar-refractivity contribution in [1.82, 2.24) is 4.90 Å². The average molecular weight is 274 g/mol. The van der Waals surface area contributed by atoms with Crippen LogP contribution in [0.3, 0.4) is 0 Å². The SMILES string of the molecule is CCN(CC)C(C#N)c1ccc(F)c(C(F)(F)F)c1. The third-order valence-corrected chi connectivity index (χ3v) is 2.91. The fourth-order valence-corrected chi connectivity index (χ4v) is 1.89. The summed E-state index contributed by atoms with van der Waals surface area (Å²) >= 11 is 0. The molecule has 0 spiro atoms. The second-order valence-corrected chi connectivity index (χ2v) is 3.99. The van der Waals surface area contributed by atoms with Crippen LogP contribution in [0.1, 0.15) is 31.0 Å². The number of benzene rings is 1. The van der Waals surface area contributed by atoms with E-state index in [2.05, 4.69) is 0 Å². The monoisotopic (exact) mass is 274 g/mol. The predicted molar refractivity (Wildman–Crippen MR) is 62.7 cm³/mol. The number of alkyl halides is 3. The molecular formula is C13H14F4N2. The number of hydrogen-bond acceptors (Lipinski definition) is 2. The molecule has 104 valence electrons. The van der Waals surface area contributed by atoms with Gasteiger partial charge >= 0.3 is 6.18 Å². The zero-order valence-electron chi connectivity index (χ0n) is 10.6. The standard InChI is InChI=1S/C13H14F4N2/c1-3-19(4-2)12(8-18)9-5-6-11(14)10(7-9)13(15,16)17/h5-7,12H,3-4H2,1-2H3. The Balaban J connectivity index is 3.25. The third kappa shape index (κ3) is 3.44. The van der Waals surface area contributed by atoms with Gasteiger partial charge in [0.25, 0.3) is 0 Å². The normalized spacial score (nSPS) is 13.4. The highest BCUT2D eigenvalue weighted by molar-refractivity contribution is 5.32. The third-order valence-electron chi connectivity index (χ3n) is 2.91. The van der Waals surface area contributed by atoms with Crippen LogP contribution in [0.25, 0.3) is 0 Å². The van der Waals surface area contributed by atoms with Gasteiger partial charge in [0, 0.05) is 0 Å². The van der Waals surface area contributed by atoms with Crippen molar-refractivity contribution in [3.05, 3.63) is 35.1 Å². The molecule has 0 aliphatic heterocycles. The summed E-state index contributed by atoms with van der Waals surface area (Å²) in [5.41, 5.74) is -1.18. The molecule has 0 aliphatic carbocycles. The Morgan fingerprint density at radius 2 is 1.84 bits per heavy atom. The maximum Gasteiger partial charge on any atom is 0.419 e. The molecule has 0 amide bonds. The molecule has 0 saturated heterocycles. The quantitative estimate of drug-likeness (QED) is 0.782. The van der Waals surface area contributed by atoms with Crippen LogP contribution in [-0.4, -0.2) is 18.0 Å². The van der Waals surface area contributed by atoms with Crippen LogP contribution in [-0.2, 0) is 6.18 Å². The Labute approximate surface area is 109 Å². The summed E-state index contributed by atoms with van der Waals surface area (Å²) in [4.78, 5) is 1.70. The van der Waals surface area contributed by atoms with Gasteiger partial charge in [-0.25, -0.2) is 4.39 Å². The summed E-state index contributed by atoms with van der Waals surface area (Å²) in [6.07, 6.45) is -4.76. The molecule has 19 heavy (non-hydrogen) atoms. The minimum absolute atomic E-state index is 0.153. The van der Waals surface area contributed by atoms with E-state index in [0.29, 0.717) is 19.2 Å². The maximum absolute atomic E-state index is 13.2. The summed E-state index contributed by atoms with van der Waals surface area (Å²) in [7, 11) is 0. The first-order chi connectivity index (χ1) is 8.85. The van der Waals surface area contributed by atoms with Crippen molar-refractivity contribution < 1.29 is 17.6 Å². The second kappa shape index (κ2) is 6.02. The van der Waals surface area contributed by atoms with Crippen molar-refractivity contribution in [3.63, 3.8) is 0 Å². The first kappa shape index (κ1) is 15.4. The van der Waals surface area contributed by atoms with E-state index >= 15 is 0 Å². The van der Waals surface area contributed by atoms with Crippen LogP contribution >= 0.6 is 0 Å². The van der Waals surface area contributed by atoms with Crippen molar-refractivity contribution in [2.75, 3.05) is 13.1 Å². The van der Waals surface area contributed by atoms with Crippen LogP contribution in [0.15, 0.2) is 18.2 Å². The first-order valence-corrected chi connectivity index (χ1v) is 5.85. The van der Waals surface area contributed by atoms with Gasteiger partial charge in [-0.2, -0.15) is 18.4 Å². The molecule has 0 saturated carbocycles. The molecule has 0 bridgehead atoms. The van der Waals surface area contributed by atoms with Gasteiger partial charge in [0.1, 0.15) is 11.9 Å². The van der Waals surface area contributed by atoms with Gasteiger partial charge in [-0.05, 0) is 30.8 Å². The van der Waals surface area contributed by atoms with E-state index in [1.54, 1.807) is 4.90 Å². The highest BCUT2D eigenvalue weighted by Crippen LogP contribution is 2.33. The Morgan fingerprint density at radius 1 is 1.26 bits per heavy atom. The van der Waals surface area contributed by atoms with Crippen LogP contribution in [0.5, 0.6) is 0 Å². The van der Waals surface area contributed by atoms with E-state index in [0.717, 1.165) is 6.07 Å². The Bertz CT molecular complexity index is 473. The molecule has 1 rings (SSSR count). The van der Waals surface area contributed by atoms with Crippen LogP contribution < -0.4 is 0 Å². The predicted octanol–water partition coefficient (Wildman–Crippen LogP) is 3.75. The lowest BCUT2D eigenvalue weighted by Gasteiger charge is -2.24. The maximum atomic E-state index is 13.2. The lowest BCUT2D eigenvalue weighted by Crippen LogP contribution is -2.27. The van der Waals surface area contributed by atoms with Gasteiger partial charge in [-0.15, -0.1) is 0 Å². The molecular weight excluding hydrogens is 260 g/mol. The summed E-state index contributed by atoms with van der Waals surface area (Å²) in [5.74, 6) is -1.33. The molecule has 0 radical (unpaired) electrons. The fourth-order valence-electron chi connectivity index (χ4n) is 1.89. The summed E-state index contributed by atoms with van der Waals surface area (Å²) in [6.45, 7) is 4.66. The van der Waals surface area contributed by atoms with E-state index in [4.69, 9.17) is 5.26 Å². The van der Waals surface area contributed by atoms with Crippen molar-refractivity contribution in [3.8, 4) is 6.07 Å². The first-order valence-electron chi connectivity index (χ1n) is 5.85. The van der Waals surface area contributed by atoms with Gasteiger partial charge in [0.2, 0.25) is 0 Å². The fraction of sp³-hybridized carbons (Fsp3) is 0.462.